The van der Waals surface area contributed by atoms with Gasteiger partial charge in [-0.15, -0.1) is 0 Å². The molecule has 0 amide bonds. The maximum atomic E-state index is 13.5. The molecule has 3 nitrogen and oxygen atoms in total. The number of rotatable bonds is 2. The fourth-order valence-electron chi connectivity index (χ4n) is 1.36. The van der Waals surface area contributed by atoms with E-state index in [1.54, 1.807) is 31.4 Å². The molecular weight excluding hydrogens is 261 g/mol. The fraction of sp³-hybridized carbons (Fsp3) is 0.100. The number of nitrogens with zero attached hydrogens (tertiary/aromatic N) is 2. The largest absolute Gasteiger partial charge is 0.372 e. The standard InChI is InChI=1S/C10H9BrFN3/c1-13-10-7(11)6-14-15(10)9-5-3-2-4-8(9)12/h2-6,13H,1H3. The van der Waals surface area contributed by atoms with Crippen LogP contribution in [0.3, 0.4) is 0 Å². The minimum atomic E-state index is -0.301. The van der Waals surface area contributed by atoms with Crippen molar-refractivity contribution >= 4 is 21.7 Å². The minimum absolute atomic E-state index is 0.301. The molecule has 0 bridgehead atoms. The molecule has 0 fully saturated rings. The van der Waals surface area contributed by atoms with Crippen molar-refractivity contribution in [2.24, 2.45) is 0 Å². The first kappa shape index (κ1) is 10.2. The average molecular weight is 270 g/mol. The topological polar surface area (TPSA) is 29.9 Å². The molecule has 5 heteroatoms. The van der Waals surface area contributed by atoms with Crippen LogP contribution >= 0.6 is 15.9 Å². The highest BCUT2D eigenvalue weighted by atomic mass is 79.9. The van der Waals surface area contributed by atoms with Crippen LogP contribution in [0.2, 0.25) is 0 Å². The molecule has 2 aromatic rings. The molecule has 0 radical (unpaired) electrons. The van der Waals surface area contributed by atoms with Gasteiger partial charge < -0.3 is 5.32 Å². The predicted molar refractivity (Wildman–Crippen MR) is 60.8 cm³/mol. The number of benzene rings is 1. The van der Waals surface area contributed by atoms with E-state index in [1.165, 1.54) is 10.7 Å². The summed E-state index contributed by atoms with van der Waals surface area (Å²) >= 11 is 3.33. The van der Waals surface area contributed by atoms with E-state index in [-0.39, 0.29) is 5.82 Å². The second-order valence-corrected chi connectivity index (χ2v) is 3.81. The molecule has 1 aromatic carbocycles. The quantitative estimate of drug-likeness (QED) is 0.909. The molecule has 0 saturated heterocycles. The van der Waals surface area contributed by atoms with Gasteiger partial charge in [-0.3, -0.25) is 0 Å². The first-order chi connectivity index (χ1) is 7.24. The van der Waals surface area contributed by atoms with Gasteiger partial charge in [0.2, 0.25) is 0 Å². The molecule has 1 aromatic heterocycles. The van der Waals surface area contributed by atoms with Crippen LogP contribution in [0.5, 0.6) is 0 Å². The van der Waals surface area contributed by atoms with Crippen LogP contribution in [0.1, 0.15) is 0 Å². The summed E-state index contributed by atoms with van der Waals surface area (Å²) in [6.07, 6.45) is 1.62. The smallest absolute Gasteiger partial charge is 0.148 e. The molecule has 78 valence electrons. The Morgan fingerprint density at radius 3 is 2.80 bits per heavy atom. The Labute approximate surface area is 95.0 Å². The molecule has 0 aliphatic heterocycles. The fourth-order valence-corrected chi connectivity index (χ4v) is 1.82. The van der Waals surface area contributed by atoms with Gasteiger partial charge >= 0.3 is 0 Å². The molecule has 0 atom stereocenters. The normalized spacial score (nSPS) is 10.3. The van der Waals surface area contributed by atoms with Crippen LogP contribution in [0.15, 0.2) is 34.9 Å². The van der Waals surface area contributed by atoms with E-state index in [9.17, 15) is 4.39 Å². The van der Waals surface area contributed by atoms with Crippen LogP contribution in [0, 0.1) is 5.82 Å². The summed E-state index contributed by atoms with van der Waals surface area (Å²) < 4.78 is 15.8. The first-order valence-electron chi connectivity index (χ1n) is 4.40. The van der Waals surface area contributed by atoms with Gasteiger partial charge in [0.05, 0.1) is 10.7 Å². The third kappa shape index (κ3) is 1.74. The number of para-hydroxylation sites is 1. The second-order valence-electron chi connectivity index (χ2n) is 2.95. The van der Waals surface area contributed by atoms with E-state index in [0.717, 1.165) is 10.3 Å². The summed E-state index contributed by atoms with van der Waals surface area (Å²) in [7, 11) is 1.76. The van der Waals surface area contributed by atoms with Crippen molar-refractivity contribution in [2.45, 2.75) is 0 Å². The summed E-state index contributed by atoms with van der Waals surface area (Å²) in [6, 6.07) is 6.50. The third-order valence-corrected chi connectivity index (χ3v) is 2.62. The summed E-state index contributed by atoms with van der Waals surface area (Å²) in [5.41, 5.74) is 0.424. The highest BCUT2D eigenvalue weighted by molar-refractivity contribution is 9.10. The highest BCUT2D eigenvalue weighted by Gasteiger charge is 2.11. The maximum absolute atomic E-state index is 13.5. The number of hydrogen-bond acceptors (Lipinski definition) is 2. The zero-order chi connectivity index (χ0) is 10.8. The molecule has 0 aliphatic carbocycles. The molecule has 0 aliphatic rings. The van der Waals surface area contributed by atoms with Gasteiger partial charge in [-0.1, -0.05) is 12.1 Å². The van der Waals surface area contributed by atoms with Crippen molar-refractivity contribution in [1.82, 2.24) is 9.78 Å². The van der Waals surface area contributed by atoms with Crippen molar-refractivity contribution in [3.63, 3.8) is 0 Å². The lowest BCUT2D eigenvalue weighted by molar-refractivity contribution is 0.611. The Balaban J connectivity index is 2.59. The van der Waals surface area contributed by atoms with Gasteiger partial charge in [-0.05, 0) is 28.1 Å². The number of aromatic nitrogens is 2. The Hall–Kier alpha value is -1.36. The van der Waals surface area contributed by atoms with E-state index < -0.39 is 0 Å². The van der Waals surface area contributed by atoms with E-state index >= 15 is 0 Å². The molecule has 15 heavy (non-hydrogen) atoms. The molecule has 0 spiro atoms. The van der Waals surface area contributed by atoms with E-state index in [2.05, 4.69) is 26.3 Å². The van der Waals surface area contributed by atoms with Crippen molar-refractivity contribution in [1.29, 1.82) is 0 Å². The predicted octanol–water partition coefficient (Wildman–Crippen LogP) is 2.82. The highest BCUT2D eigenvalue weighted by Crippen LogP contribution is 2.25. The summed E-state index contributed by atoms with van der Waals surface area (Å²) in [4.78, 5) is 0. The Bertz CT molecular complexity index is 481. The van der Waals surface area contributed by atoms with Crippen molar-refractivity contribution < 1.29 is 4.39 Å². The SMILES string of the molecule is CNc1c(Br)cnn1-c1ccccc1F. The molecule has 0 saturated carbocycles. The van der Waals surface area contributed by atoms with Crippen LogP contribution in [0.4, 0.5) is 10.2 Å². The lowest BCUT2D eigenvalue weighted by Gasteiger charge is -2.07. The number of halogens is 2. The molecule has 1 N–H and O–H groups in total. The van der Waals surface area contributed by atoms with E-state index in [4.69, 9.17) is 0 Å². The summed E-state index contributed by atoms with van der Waals surface area (Å²) in [5, 5.41) is 7.04. The number of anilines is 1. The van der Waals surface area contributed by atoms with E-state index in [1.807, 2.05) is 0 Å². The van der Waals surface area contributed by atoms with Crippen LogP contribution in [-0.2, 0) is 0 Å². The van der Waals surface area contributed by atoms with Crippen LogP contribution < -0.4 is 5.32 Å². The molecule has 2 rings (SSSR count). The van der Waals surface area contributed by atoms with Crippen LogP contribution in [-0.4, -0.2) is 16.8 Å². The second kappa shape index (κ2) is 4.02. The number of hydrogen-bond donors (Lipinski definition) is 1. The zero-order valence-electron chi connectivity index (χ0n) is 8.04. The minimum Gasteiger partial charge on any atom is -0.372 e. The molecule has 0 unspecified atom stereocenters. The van der Waals surface area contributed by atoms with Crippen molar-refractivity contribution in [3.05, 3.63) is 40.8 Å². The van der Waals surface area contributed by atoms with Gasteiger partial charge in [0.25, 0.3) is 0 Å². The molecule has 1 heterocycles. The average Bonchev–Trinajstić information content (AvgIpc) is 2.60. The van der Waals surface area contributed by atoms with Crippen molar-refractivity contribution in [3.8, 4) is 5.69 Å². The van der Waals surface area contributed by atoms with Crippen molar-refractivity contribution in [2.75, 3.05) is 12.4 Å². The molecular formula is C10H9BrFN3. The Kier molecular flexibility index (Phi) is 2.73. The third-order valence-electron chi connectivity index (χ3n) is 2.04. The summed E-state index contributed by atoms with van der Waals surface area (Å²) in [5.74, 6) is 0.421. The maximum Gasteiger partial charge on any atom is 0.148 e. The van der Waals surface area contributed by atoms with Gasteiger partial charge in [0, 0.05) is 7.05 Å². The number of nitrogens with one attached hydrogen (secondary N) is 1. The van der Waals surface area contributed by atoms with Crippen LogP contribution in [0.25, 0.3) is 5.69 Å². The van der Waals surface area contributed by atoms with Gasteiger partial charge in [0.1, 0.15) is 17.3 Å². The lowest BCUT2D eigenvalue weighted by atomic mass is 10.3. The van der Waals surface area contributed by atoms with Gasteiger partial charge in [-0.2, -0.15) is 5.10 Å². The first-order valence-corrected chi connectivity index (χ1v) is 5.19. The Morgan fingerprint density at radius 1 is 1.40 bits per heavy atom. The Morgan fingerprint density at radius 2 is 2.13 bits per heavy atom. The zero-order valence-corrected chi connectivity index (χ0v) is 9.62. The summed E-state index contributed by atoms with van der Waals surface area (Å²) in [6.45, 7) is 0. The monoisotopic (exact) mass is 269 g/mol. The lowest BCUT2D eigenvalue weighted by Crippen LogP contribution is -2.04. The van der Waals surface area contributed by atoms with E-state index in [0.29, 0.717) is 5.69 Å². The van der Waals surface area contributed by atoms with Gasteiger partial charge in [-0.25, -0.2) is 9.07 Å². The van der Waals surface area contributed by atoms with Gasteiger partial charge in [0.15, 0.2) is 0 Å².